The number of urea groups is 1. The Morgan fingerprint density at radius 1 is 1.17 bits per heavy atom. The third-order valence-electron chi connectivity index (χ3n) is 9.80. The first kappa shape index (κ1) is 38.2. The minimum absolute atomic E-state index is 0.00808. The zero-order valence-corrected chi connectivity index (χ0v) is 28.9. The van der Waals surface area contributed by atoms with Gasteiger partial charge >= 0.3 is 12.0 Å². The second kappa shape index (κ2) is 15.3. The maximum atomic E-state index is 14.1. The number of Topliss-reactive ketones (excluding diaryl/α,β-unsaturated/α-hetero) is 1. The van der Waals surface area contributed by atoms with Crippen LogP contribution in [-0.2, 0) is 33.3 Å². The Hall–Kier alpha value is -2.26. The lowest BCUT2D eigenvalue weighted by Crippen LogP contribution is -2.59. The van der Waals surface area contributed by atoms with E-state index in [1.54, 1.807) is 20.8 Å². The number of cyclic esters (lactones) is 1. The number of aliphatic imine (C=N–C) groups is 1. The van der Waals surface area contributed by atoms with Crippen LogP contribution in [0.15, 0.2) is 17.1 Å². The number of hydrogen-bond acceptors (Lipinski definition) is 11. The van der Waals surface area contributed by atoms with Crippen molar-refractivity contribution in [3.05, 3.63) is 12.2 Å². The molecule has 0 saturated carbocycles. The highest BCUT2D eigenvalue weighted by atomic mass is 16.7. The van der Waals surface area contributed by atoms with Gasteiger partial charge in [0, 0.05) is 24.1 Å². The Labute approximate surface area is 272 Å². The Bertz CT molecular complexity index is 1160. The monoisotopic (exact) mass is 653 g/mol. The largest absolute Gasteiger partial charge is 0.459 e. The highest BCUT2D eigenvalue weighted by Gasteiger charge is 2.51. The molecule has 3 rings (SSSR count). The average molecular weight is 654 g/mol. The van der Waals surface area contributed by atoms with E-state index in [2.05, 4.69) is 11.6 Å². The van der Waals surface area contributed by atoms with Crippen LogP contribution in [0.3, 0.4) is 0 Å². The normalized spacial score (nSPS) is 43.0. The predicted molar refractivity (Wildman–Crippen MR) is 170 cm³/mol. The van der Waals surface area contributed by atoms with Gasteiger partial charge in [-0.3, -0.25) is 9.59 Å². The summed E-state index contributed by atoms with van der Waals surface area (Å²) in [5.74, 6) is -3.96. The summed E-state index contributed by atoms with van der Waals surface area (Å²) in [6.45, 7) is 16.0. The van der Waals surface area contributed by atoms with E-state index < -0.39 is 77.4 Å². The van der Waals surface area contributed by atoms with Gasteiger partial charge in [-0.1, -0.05) is 27.4 Å². The summed E-state index contributed by atoms with van der Waals surface area (Å²) in [4.78, 5) is 45.8. The zero-order valence-electron chi connectivity index (χ0n) is 28.9. The number of fused-ring (bicyclic) bond motifs is 5. The van der Waals surface area contributed by atoms with E-state index in [4.69, 9.17) is 29.4 Å². The van der Waals surface area contributed by atoms with Gasteiger partial charge in [0.1, 0.15) is 23.7 Å². The lowest BCUT2D eigenvalue weighted by molar-refractivity contribution is -0.296. The van der Waals surface area contributed by atoms with Crippen molar-refractivity contribution in [1.29, 1.82) is 0 Å². The van der Waals surface area contributed by atoms with E-state index >= 15 is 0 Å². The summed E-state index contributed by atoms with van der Waals surface area (Å²) in [5.41, 5.74) is 3.39. The van der Waals surface area contributed by atoms with Crippen LogP contribution in [-0.4, -0.2) is 120 Å². The van der Waals surface area contributed by atoms with Gasteiger partial charge in [-0.15, -0.1) is 0 Å². The number of nitrogens with zero attached hydrogens (tertiary/aromatic N) is 2. The molecule has 0 aromatic heterocycles. The number of ether oxygens (including phenoxy) is 5. The van der Waals surface area contributed by atoms with Crippen molar-refractivity contribution >= 4 is 23.5 Å². The van der Waals surface area contributed by atoms with E-state index in [9.17, 15) is 24.6 Å². The van der Waals surface area contributed by atoms with Crippen LogP contribution in [0.1, 0.15) is 74.1 Å². The van der Waals surface area contributed by atoms with Gasteiger partial charge in [0.2, 0.25) is 0 Å². The van der Waals surface area contributed by atoms with Gasteiger partial charge in [-0.05, 0) is 72.5 Å². The van der Waals surface area contributed by atoms with Gasteiger partial charge in [0.05, 0.1) is 37.1 Å². The number of rotatable bonds is 4. The lowest BCUT2D eigenvalue weighted by atomic mass is 9.76. The summed E-state index contributed by atoms with van der Waals surface area (Å²) in [5, 5.41) is 23.2. The molecule has 4 N–H and O–H groups in total. The van der Waals surface area contributed by atoms with E-state index in [1.807, 2.05) is 32.8 Å². The van der Waals surface area contributed by atoms with Crippen molar-refractivity contribution in [1.82, 2.24) is 4.90 Å². The lowest BCUT2D eigenvalue weighted by Gasteiger charge is -2.47. The van der Waals surface area contributed by atoms with Crippen LogP contribution in [0.2, 0.25) is 0 Å². The van der Waals surface area contributed by atoms with E-state index in [1.165, 1.54) is 13.8 Å². The first-order valence-corrected chi connectivity index (χ1v) is 16.2. The van der Waals surface area contributed by atoms with Crippen LogP contribution in [0, 0.1) is 17.8 Å². The van der Waals surface area contributed by atoms with Crippen molar-refractivity contribution < 1.29 is 48.3 Å². The summed E-state index contributed by atoms with van der Waals surface area (Å²) in [6, 6.07) is -1.20. The molecule has 3 fully saturated rings. The first-order chi connectivity index (χ1) is 21.3. The molecule has 3 heterocycles. The molecule has 3 aliphatic rings. The molecular weight excluding hydrogens is 598 g/mol. The SMILES string of the molecule is C=C1CO[C@@H]2C/C(=N/C(N)=O)[C@H](C)C[C@@](C)(OC1)[C@H](O[C@@H]1O[C@H](C)C[C@H](N(C)C)[C@H]1O)[C@@H](C)C(=O)[C@@H](C)C(=O)O[C@H](CC)[C@@]2(C)O. The molecule has 2 amide bonds. The molecular formula is C33H55N3O10. The van der Waals surface area contributed by atoms with Crippen molar-refractivity contribution in [2.45, 2.75) is 128 Å². The molecule has 0 aliphatic carbocycles. The van der Waals surface area contributed by atoms with Crippen LogP contribution in [0.5, 0.6) is 0 Å². The second-order valence-corrected chi connectivity index (χ2v) is 14.0. The summed E-state index contributed by atoms with van der Waals surface area (Å²) in [6.07, 6.45) is -4.63. The number of ketones is 1. The van der Waals surface area contributed by atoms with Crippen molar-refractivity contribution in [3.63, 3.8) is 0 Å². The number of likely N-dealkylation sites (N-methyl/N-ethyl adjacent to an activating group) is 1. The minimum atomic E-state index is -1.75. The number of carbonyl (C=O) groups excluding carboxylic acids is 3. The number of carbonyl (C=O) groups is 3. The minimum Gasteiger partial charge on any atom is -0.459 e. The molecule has 46 heavy (non-hydrogen) atoms. The summed E-state index contributed by atoms with van der Waals surface area (Å²) >= 11 is 0. The molecule has 13 nitrogen and oxygen atoms in total. The highest BCUT2D eigenvalue weighted by molar-refractivity contribution is 6.00. The van der Waals surface area contributed by atoms with E-state index in [0.29, 0.717) is 17.7 Å². The number of aliphatic hydroxyl groups is 2. The van der Waals surface area contributed by atoms with E-state index in [0.717, 1.165) is 0 Å². The molecule has 0 spiro atoms. The predicted octanol–water partition coefficient (Wildman–Crippen LogP) is 2.39. The number of nitrogens with two attached hydrogens (primary N) is 1. The maximum Gasteiger partial charge on any atom is 0.338 e. The summed E-state index contributed by atoms with van der Waals surface area (Å²) in [7, 11) is 3.73. The molecule has 0 aromatic rings. The number of aliphatic hydroxyl groups excluding tert-OH is 1. The highest BCUT2D eigenvalue weighted by Crippen LogP contribution is 2.39. The third-order valence-corrected chi connectivity index (χ3v) is 9.80. The Balaban J connectivity index is 2.24. The van der Waals surface area contributed by atoms with Gasteiger partial charge in [0.15, 0.2) is 12.1 Å². The van der Waals surface area contributed by atoms with Gasteiger partial charge in [-0.2, -0.15) is 0 Å². The van der Waals surface area contributed by atoms with Crippen molar-refractivity contribution in [2.24, 2.45) is 28.5 Å². The Morgan fingerprint density at radius 2 is 1.83 bits per heavy atom. The number of primary amides is 1. The topological polar surface area (TPSA) is 179 Å². The molecule has 3 aliphatic heterocycles. The fourth-order valence-corrected chi connectivity index (χ4v) is 6.95. The molecule has 2 bridgehead atoms. The van der Waals surface area contributed by atoms with Gasteiger partial charge in [-0.25, -0.2) is 9.79 Å². The zero-order chi connectivity index (χ0) is 34.7. The fourth-order valence-electron chi connectivity index (χ4n) is 6.95. The first-order valence-electron chi connectivity index (χ1n) is 16.2. The smallest absolute Gasteiger partial charge is 0.338 e. The Kier molecular flexibility index (Phi) is 12.7. The number of hydrogen-bond donors (Lipinski definition) is 3. The van der Waals surface area contributed by atoms with Gasteiger partial charge < -0.3 is 44.5 Å². The molecule has 3 saturated heterocycles. The van der Waals surface area contributed by atoms with Crippen LogP contribution in [0.4, 0.5) is 4.79 Å². The third kappa shape index (κ3) is 8.60. The van der Waals surface area contributed by atoms with Crippen molar-refractivity contribution in [3.8, 4) is 0 Å². The second-order valence-electron chi connectivity index (χ2n) is 14.0. The van der Waals surface area contributed by atoms with Crippen LogP contribution in [0.25, 0.3) is 0 Å². The molecule has 0 unspecified atom stereocenters. The van der Waals surface area contributed by atoms with Gasteiger partial charge in [0.25, 0.3) is 0 Å². The van der Waals surface area contributed by atoms with Crippen LogP contribution >= 0.6 is 0 Å². The quantitative estimate of drug-likeness (QED) is 0.230. The number of amides is 2. The molecule has 0 aromatic carbocycles. The summed E-state index contributed by atoms with van der Waals surface area (Å²) < 4.78 is 31.3. The average Bonchev–Trinajstić information content (AvgIpc) is 2.99. The Morgan fingerprint density at radius 3 is 2.41 bits per heavy atom. The maximum absolute atomic E-state index is 14.1. The van der Waals surface area contributed by atoms with E-state index in [-0.39, 0.29) is 44.6 Å². The number of esters is 1. The molecule has 12 atom stereocenters. The van der Waals surface area contributed by atoms with Crippen molar-refractivity contribution in [2.75, 3.05) is 27.3 Å². The fraction of sp³-hybridized carbons (Fsp3) is 0.818. The molecule has 262 valence electrons. The molecule has 0 radical (unpaired) electrons. The molecule has 13 heteroatoms. The standard InChI is InChI=1S/C33H55N3O10/c1-11-24-33(8,41)25-13-22(35-31(34)40)18(3)14-32(7,43-16-17(2)15-42-25)28(20(5)26(37)21(6)29(39)45-24)46-30-27(38)23(36(9)10)12-19(4)44-30/h18-21,23-25,27-28,30,38,41H,2,11-16H2,1,3-10H3,(H2,34,40)/b35-22-/t18-,19-,20+,21-,23+,24-,25-,27-,28-,30+,32-,33-/m1/s1. The van der Waals surface area contributed by atoms with Crippen LogP contribution < -0.4 is 5.73 Å².